The Bertz CT molecular complexity index is 1090. The van der Waals surface area contributed by atoms with E-state index >= 15 is 0 Å². The monoisotopic (exact) mass is 405 g/mol. The third kappa shape index (κ3) is 3.48. The lowest BCUT2D eigenvalue weighted by molar-refractivity contribution is -0.118. The molecular formula is C23H27N5O2. The Balaban J connectivity index is 1.63. The molecule has 0 saturated carbocycles. The van der Waals surface area contributed by atoms with Crippen molar-refractivity contribution >= 4 is 22.6 Å². The third-order valence-electron chi connectivity index (χ3n) is 6.05. The number of ketones is 1. The summed E-state index contributed by atoms with van der Waals surface area (Å²) in [5, 5.41) is 1.17. The standard InChI is InChI=1S/C23H27N5O2/c1-15-14-30-10-9-28(15)23-25-21-13-27(12-16(2)29)8-7-18(21)22(26-23)19-11-24-20-6-4-3-5-17(19)20/h3-6,11,15,24H,7-10,12-14H2,1-2H3/t15-/m1/s1. The Kier molecular flexibility index (Phi) is 5.00. The van der Waals surface area contributed by atoms with Gasteiger partial charge in [0, 0.05) is 47.9 Å². The summed E-state index contributed by atoms with van der Waals surface area (Å²) in [5.41, 5.74) is 5.46. The number of morpholine rings is 1. The summed E-state index contributed by atoms with van der Waals surface area (Å²) >= 11 is 0. The number of para-hydroxylation sites is 1. The van der Waals surface area contributed by atoms with Gasteiger partial charge >= 0.3 is 0 Å². The second-order valence-corrected chi connectivity index (χ2v) is 8.33. The van der Waals surface area contributed by atoms with E-state index in [0.717, 1.165) is 47.9 Å². The highest BCUT2D eigenvalue weighted by Gasteiger charge is 2.28. The first-order valence-corrected chi connectivity index (χ1v) is 10.6. The summed E-state index contributed by atoms with van der Waals surface area (Å²) in [6.45, 7) is 7.93. The quantitative estimate of drug-likeness (QED) is 0.720. The van der Waals surface area contributed by atoms with Gasteiger partial charge in [0.1, 0.15) is 5.78 Å². The molecule has 2 aromatic heterocycles. The van der Waals surface area contributed by atoms with E-state index in [1.165, 1.54) is 10.9 Å². The average Bonchev–Trinajstić information content (AvgIpc) is 3.17. The van der Waals surface area contributed by atoms with Gasteiger partial charge in [-0.05, 0) is 26.3 Å². The van der Waals surface area contributed by atoms with Crippen molar-refractivity contribution in [2.45, 2.75) is 32.9 Å². The molecule has 0 bridgehead atoms. The van der Waals surface area contributed by atoms with Gasteiger partial charge in [-0.3, -0.25) is 9.69 Å². The van der Waals surface area contributed by atoms with Gasteiger partial charge < -0.3 is 14.6 Å². The van der Waals surface area contributed by atoms with Gasteiger partial charge in [-0.25, -0.2) is 9.97 Å². The maximum Gasteiger partial charge on any atom is 0.226 e. The van der Waals surface area contributed by atoms with Crippen LogP contribution in [0.3, 0.4) is 0 Å². The van der Waals surface area contributed by atoms with E-state index in [4.69, 9.17) is 14.7 Å². The molecule has 3 aromatic rings. The summed E-state index contributed by atoms with van der Waals surface area (Å²) in [6.07, 6.45) is 2.90. The second kappa shape index (κ2) is 7.81. The summed E-state index contributed by atoms with van der Waals surface area (Å²) in [4.78, 5) is 29.6. The van der Waals surface area contributed by atoms with Crippen LogP contribution in [0.25, 0.3) is 22.2 Å². The van der Waals surface area contributed by atoms with Crippen molar-refractivity contribution in [2.24, 2.45) is 0 Å². The Morgan fingerprint density at radius 2 is 2.13 bits per heavy atom. The maximum atomic E-state index is 11.7. The lowest BCUT2D eigenvalue weighted by Gasteiger charge is -2.35. The third-order valence-corrected chi connectivity index (χ3v) is 6.05. The summed E-state index contributed by atoms with van der Waals surface area (Å²) in [7, 11) is 0. The molecule has 1 atom stereocenters. The zero-order valence-electron chi connectivity index (χ0n) is 17.5. The number of H-pyrrole nitrogens is 1. The van der Waals surface area contributed by atoms with Crippen molar-refractivity contribution in [1.29, 1.82) is 0 Å². The van der Waals surface area contributed by atoms with Crippen LogP contribution in [-0.2, 0) is 22.5 Å². The highest BCUT2D eigenvalue weighted by molar-refractivity contribution is 5.95. The fourth-order valence-corrected chi connectivity index (χ4v) is 4.56. The molecule has 1 saturated heterocycles. The Labute approximate surface area is 176 Å². The smallest absolute Gasteiger partial charge is 0.226 e. The van der Waals surface area contributed by atoms with Crippen molar-refractivity contribution in [3.8, 4) is 11.3 Å². The lowest BCUT2D eigenvalue weighted by Crippen LogP contribution is -2.45. The van der Waals surface area contributed by atoms with Crippen LogP contribution in [0.4, 0.5) is 5.95 Å². The highest BCUT2D eigenvalue weighted by atomic mass is 16.5. The minimum atomic E-state index is 0.186. The van der Waals surface area contributed by atoms with Crippen molar-refractivity contribution in [1.82, 2.24) is 19.9 Å². The Hall–Kier alpha value is -2.77. The number of rotatable bonds is 4. The number of hydrogen-bond donors (Lipinski definition) is 1. The number of hydrogen-bond acceptors (Lipinski definition) is 6. The van der Waals surface area contributed by atoms with Crippen LogP contribution in [0.5, 0.6) is 0 Å². The SMILES string of the molecule is CC(=O)CN1CCc2c(nc(N3CCOC[C@H]3C)nc2-c2c[nH]c3ccccc23)C1. The van der Waals surface area contributed by atoms with Crippen LogP contribution in [-0.4, -0.2) is 64.5 Å². The van der Waals surface area contributed by atoms with Gasteiger partial charge in [0.05, 0.1) is 37.2 Å². The van der Waals surface area contributed by atoms with Crippen LogP contribution in [0.2, 0.25) is 0 Å². The van der Waals surface area contributed by atoms with E-state index in [1.54, 1.807) is 6.92 Å². The summed E-state index contributed by atoms with van der Waals surface area (Å²) in [5.74, 6) is 0.945. The molecule has 0 spiro atoms. The molecule has 7 nitrogen and oxygen atoms in total. The van der Waals surface area contributed by atoms with Crippen molar-refractivity contribution in [2.75, 3.05) is 37.7 Å². The van der Waals surface area contributed by atoms with E-state index < -0.39 is 0 Å². The fourth-order valence-electron chi connectivity index (χ4n) is 4.56. The number of aromatic nitrogens is 3. The van der Waals surface area contributed by atoms with E-state index in [2.05, 4.69) is 46.1 Å². The fraction of sp³-hybridized carbons (Fsp3) is 0.435. The van der Waals surface area contributed by atoms with Crippen molar-refractivity contribution in [3.05, 3.63) is 41.7 Å². The van der Waals surface area contributed by atoms with Gasteiger partial charge in [-0.2, -0.15) is 0 Å². The molecule has 30 heavy (non-hydrogen) atoms. The number of aromatic amines is 1. The molecular weight excluding hydrogens is 378 g/mol. The average molecular weight is 406 g/mol. The van der Waals surface area contributed by atoms with Crippen molar-refractivity contribution in [3.63, 3.8) is 0 Å². The van der Waals surface area contributed by atoms with E-state index in [-0.39, 0.29) is 11.8 Å². The van der Waals surface area contributed by atoms with Gasteiger partial charge in [0.25, 0.3) is 0 Å². The maximum absolute atomic E-state index is 11.7. The largest absolute Gasteiger partial charge is 0.377 e. The molecule has 1 aromatic carbocycles. The molecule has 4 heterocycles. The number of carbonyl (C=O) groups excluding carboxylic acids is 1. The van der Waals surface area contributed by atoms with Crippen LogP contribution in [0, 0.1) is 0 Å². The van der Waals surface area contributed by atoms with E-state index in [0.29, 0.717) is 26.3 Å². The number of nitrogens with zero attached hydrogens (tertiary/aromatic N) is 4. The molecule has 1 N–H and O–H groups in total. The van der Waals surface area contributed by atoms with Gasteiger partial charge in [-0.1, -0.05) is 18.2 Å². The molecule has 2 aliphatic heterocycles. The van der Waals surface area contributed by atoms with Gasteiger partial charge in [-0.15, -0.1) is 0 Å². The molecule has 5 rings (SSSR count). The van der Waals surface area contributed by atoms with E-state index in [9.17, 15) is 4.79 Å². The van der Waals surface area contributed by atoms with E-state index in [1.807, 2.05) is 6.07 Å². The number of Topliss-reactive ketones (excluding diaryl/α,β-unsaturated/α-hetero) is 1. The van der Waals surface area contributed by atoms with Crippen molar-refractivity contribution < 1.29 is 9.53 Å². The molecule has 2 aliphatic rings. The van der Waals surface area contributed by atoms with Gasteiger partial charge in [0.15, 0.2) is 0 Å². The first-order chi connectivity index (χ1) is 14.6. The Morgan fingerprint density at radius 3 is 2.97 bits per heavy atom. The number of anilines is 1. The molecule has 1 fully saturated rings. The predicted molar refractivity (Wildman–Crippen MR) is 117 cm³/mol. The zero-order valence-corrected chi connectivity index (χ0v) is 17.5. The first-order valence-electron chi connectivity index (χ1n) is 10.6. The Morgan fingerprint density at radius 1 is 1.27 bits per heavy atom. The molecule has 0 unspecified atom stereocenters. The minimum Gasteiger partial charge on any atom is -0.377 e. The topological polar surface area (TPSA) is 74.3 Å². The number of benzene rings is 1. The number of ether oxygens (including phenoxy) is 1. The first kappa shape index (κ1) is 19.2. The highest BCUT2D eigenvalue weighted by Crippen LogP contribution is 2.34. The second-order valence-electron chi connectivity index (χ2n) is 8.33. The predicted octanol–water partition coefficient (Wildman–Crippen LogP) is 2.80. The van der Waals surface area contributed by atoms with Crippen LogP contribution < -0.4 is 4.90 Å². The molecule has 156 valence electrons. The number of nitrogens with one attached hydrogen (secondary N) is 1. The number of carbonyl (C=O) groups is 1. The normalized spacial score (nSPS) is 19.8. The zero-order chi connectivity index (χ0) is 20.7. The minimum absolute atomic E-state index is 0.186. The van der Waals surface area contributed by atoms with Crippen LogP contribution in [0.15, 0.2) is 30.5 Å². The van der Waals surface area contributed by atoms with Gasteiger partial charge in [0.2, 0.25) is 5.95 Å². The summed E-state index contributed by atoms with van der Waals surface area (Å²) < 4.78 is 5.62. The van der Waals surface area contributed by atoms with Crippen LogP contribution >= 0.6 is 0 Å². The molecule has 7 heteroatoms. The molecule has 0 amide bonds. The number of fused-ring (bicyclic) bond motifs is 2. The molecule has 0 aliphatic carbocycles. The molecule has 0 radical (unpaired) electrons. The summed E-state index contributed by atoms with van der Waals surface area (Å²) in [6, 6.07) is 8.55. The van der Waals surface area contributed by atoms with Crippen LogP contribution in [0.1, 0.15) is 25.1 Å². The lowest BCUT2D eigenvalue weighted by atomic mass is 9.98.